The molecule has 16 heavy (non-hydrogen) atoms. The maximum Gasteiger partial charge on any atom is 0.0687 e. The monoisotopic (exact) mass is 221 g/mol. The molecule has 0 saturated heterocycles. The normalized spacial score (nSPS) is 15.1. The Morgan fingerprint density at radius 2 is 1.75 bits per heavy atom. The number of nitrogens with one attached hydrogen (secondary N) is 1. The summed E-state index contributed by atoms with van der Waals surface area (Å²) in [5, 5.41) is 13.0. The van der Waals surface area contributed by atoms with E-state index in [1.807, 2.05) is 19.9 Å². The second-order valence-electron chi connectivity index (χ2n) is 4.81. The highest BCUT2D eigenvalue weighted by Crippen LogP contribution is 2.04. The fourth-order valence-electron chi connectivity index (χ4n) is 1.60. The largest absolute Gasteiger partial charge is 0.392 e. The molecule has 0 radical (unpaired) electrons. The van der Waals surface area contributed by atoms with Crippen LogP contribution in [0.25, 0.3) is 0 Å². The van der Waals surface area contributed by atoms with Crippen LogP contribution in [0.2, 0.25) is 0 Å². The van der Waals surface area contributed by atoms with Crippen LogP contribution in [0.4, 0.5) is 0 Å². The van der Waals surface area contributed by atoms with Gasteiger partial charge in [-0.2, -0.15) is 0 Å². The Morgan fingerprint density at radius 1 is 1.12 bits per heavy atom. The van der Waals surface area contributed by atoms with E-state index in [2.05, 4.69) is 36.5 Å². The fraction of sp³-hybridized carbons (Fsp3) is 0.571. The van der Waals surface area contributed by atoms with Gasteiger partial charge in [-0.15, -0.1) is 0 Å². The number of hydrogen-bond donors (Lipinski definition) is 2. The second-order valence-corrected chi connectivity index (χ2v) is 4.81. The summed E-state index contributed by atoms with van der Waals surface area (Å²) in [6.07, 6.45) is 0.754. The molecular weight excluding hydrogens is 198 g/mol. The average Bonchev–Trinajstić information content (AvgIpc) is 2.27. The van der Waals surface area contributed by atoms with Gasteiger partial charge in [0, 0.05) is 12.6 Å². The number of aliphatic hydroxyl groups is 1. The Labute approximate surface area is 98.7 Å². The first kappa shape index (κ1) is 13.2. The zero-order valence-electron chi connectivity index (χ0n) is 10.5. The van der Waals surface area contributed by atoms with Crippen LogP contribution < -0.4 is 5.32 Å². The summed E-state index contributed by atoms with van der Waals surface area (Å²) in [4.78, 5) is 0. The van der Waals surface area contributed by atoms with E-state index in [4.69, 9.17) is 0 Å². The van der Waals surface area contributed by atoms with E-state index >= 15 is 0 Å². The summed E-state index contributed by atoms with van der Waals surface area (Å²) in [6.45, 7) is 6.90. The lowest BCUT2D eigenvalue weighted by atomic mass is 10.1. The molecule has 0 heterocycles. The molecule has 0 aliphatic heterocycles. The summed E-state index contributed by atoms with van der Waals surface area (Å²) in [7, 11) is 0. The predicted octanol–water partition coefficient (Wildman–Crippen LogP) is 2.22. The van der Waals surface area contributed by atoms with Crippen LogP contribution in [-0.2, 0) is 6.42 Å². The summed E-state index contributed by atoms with van der Waals surface area (Å²) >= 11 is 0. The Bertz CT molecular complexity index is 284. The summed E-state index contributed by atoms with van der Waals surface area (Å²) in [5.41, 5.74) is 1.33. The van der Waals surface area contributed by atoms with Crippen LogP contribution in [0.5, 0.6) is 0 Å². The number of aliphatic hydroxyl groups excluding tert-OH is 1. The Balaban J connectivity index is 2.29. The molecule has 1 rings (SSSR count). The van der Waals surface area contributed by atoms with Crippen LogP contribution in [0.3, 0.4) is 0 Å². The molecule has 2 nitrogen and oxygen atoms in total. The van der Waals surface area contributed by atoms with Crippen LogP contribution in [0.1, 0.15) is 26.3 Å². The molecule has 1 aromatic rings. The van der Waals surface area contributed by atoms with Gasteiger partial charge in [0.1, 0.15) is 0 Å². The lowest BCUT2D eigenvalue weighted by molar-refractivity contribution is 0.120. The highest BCUT2D eigenvalue weighted by atomic mass is 16.3. The highest BCUT2D eigenvalue weighted by molar-refractivity contribution is 5.15. The third-order valence-electron chi connectivity index (χ3n) is 2.83. The molecule has 0 fully saturated rings. The minimum Gasteiger partial charge on any atom is -0.392 e. The van der Waals surface area contributed by atoms with Crippen LogP contribution in [0, 0.1) is 5.92 Å². The first-order chi connectivity index (χ1) is 7.59. The SMILES string of the molecule is CC(Cc1ccccc1)NCC(O)C(C)C. The maximum absolute atomic E-state index is 9.68. The van der Waals surface area contributed by atoms with Crippen LogP contribution >= 0.6 is 0 Å². The third kappa shape index (κ3) is 4.77. The van der Waals surface area contributed by atoms with Gasteiger partial charge in [-0.05, 0) is 24.8 Å². The highest BCUT2D eigenvalue weighted by Gasteiger charge is 2.10. The average molecular weight is 221 g/mol. The smallest absolute Gasteiger partial charge is 0.0687 e. The fourth-order valence-corrected chi connectivity index (χ4v) is 1.60. The summed E-state index contributed by atoms with van der Waals surface area (Å²) in [5.74, 6) is 0.316. The molecule has 0 aromatic heterocycles. The quantitative estimate of drug-likeness (QED) is 0.772. The van der Waals surface area contributed by atoms with Crippen LogP contribution in [-0.4, -0.2) is 23.8 Å². The van der Waals surface area contributed by atoms with E-state index in [1.165, 1.54) is 5.56 Å². The zero-order valence-corrected chi connectivity index (χ0v) is 10.5. The molecule has 2 unspecified atom stereocenters. The van der Waals surface area contributed by atoms with Gasteiger partial charge in [-0.25, -0.2) is 0 Å². The predicted molar refractivity (Wildman–Crippen MR) is 68.5 cm³/mol. The number of rotatable bonds is 6. The first-order valence-electron chi connectivity index (χ1n) is 6.05. The van der Waals surface area contributed by atoms with Crippen molar-refractivity contribution in [1.29, 1.82) is 0 Å². The van der Waals surface area contributed by atoms with Crippen molar-refractivity contribution in [3.05, 3.63) is 35.9 Å². The molecule has 0 spiro atoms. The van der Waals surface area contributed by atoms with Gasteiger partial charge in [-0.3, -0.25) is 0 Å². The molecule has 1 aromatic carbocycles. The number of hydrogen-bond acceptors (Lipinski definition) is 2. The van der Waals surface area contributed by atoms with Gasteiger partial charge in [-0.1, -0.05) is 44.2 Å². The van der Waals surface area contributed by atoms with Crippen molar-refractivity contribution >= 4 is 0 Å². The van der Waals surface area contributed by atoms with Crippen molar-refractivity contribution in [2.24, 2.45) is 5.92 Å². The van der Waals surface area contributed by atoms with Gasteiger partial charge in [0.15, 0.2) is 0 Å². The first-order valence-corrected chi connectivity index (χ1v) is 6.05. The van der Waals surface area contributed by atoms with Crippen molar-refractivity contribution in [1.82, 2.24) is 5.32 Å². The molecule has 2 atom stereocenters. The number of benzene rings is 1. The van der Waals surface area contributed by atoms with E-state index in [9.17, 15) is 5.11 Å². The van der Waals surface area contributed by atoms with Gasteiger partial charge in [0.25, 0.3) is 0 Å². The molecule has 0 bridgehead atoms. The van der Waals surface area contributed by atoms with Gasteiger partial charge in [0.2, 0.25) is 0 Å². The summed E-state index contributed by atoms with van der Waals surface area (Å²) < 4.78 is 0. The summed E-state index contributed by atoms with van der Waals surface area (Å²) in [6, 6.07) is 10.8. The Morgan fingerprint density at radius 3 is 2.31 bits per heavy atom. The van der Waals surface area contributed by atoms with E-state index in [1.54, 1.807) is 0 Å². The lowest BCUT2D eigenvalue weighted by Gasteiger charge is -2.19. The van der Waals surface area contributed by atoms with Gasteiger partial charge in [0.05, 0.1) is 6.10 Å². The molecule has 0 saturated carbocycles. The minimum absolute atomic E-state index is 0.252. The van der Waals surface area contributed by atoms with Crippen molar-refractivity contribution in [3.63, 3.8) is 0 Å². The topological polar surface area (TPSA) is 32.3 Å². The lowest BCUT2D eigenvalue weighted by Crippen LogP contribution is -2.37. The second kappa shape index (κ2) is 6.66. The Kier molecular flexibility index (Phi) is 5.50. The molecule has 90 valence electrons. The molecule has 0 aliphatic carbocycles. The molecule has 0 amide bonds. The van der Waals surface area contributed by atoms with E-state index in [-0.39, 0.29) is 6.10 Å². The third-order valence-corrected chi connectivity index (χ3v) is 2.83. The van der Waals surface area contributed by atoms with E-state index < -0.39 is 0 Å². The molecular formula is C14H23NO. The van der Waals surface area contributed by atoms with Crippen molar-refractivity contribution in [3.8, 4) is 0 Å². The zero-order chi connectivity index (χ0) is 12.0. The minimum atomic E-state index is -0.252. The van der Waals surface area contributed by atoms with E-state index in [0.717, 1.165) is 6.42 Å². The maximum atomic E-state index is 9.68. The van der Waals surface area contributed by atoms with Crippen molar-refractivity contribution < 1.29 is 5.11 Å². The Hall–Kier alpha value is -0.860. The van der Waals surface area contributed by atoms with Gasteiger partial charge < -0.3 is 10.4 Å². The molecule has 2 N–H and O–H groups in total. The van der Waals surface area contributed by atoms with Gasteiger partial charge >= 0.3 is 0 Å². The van der Waals surface area contributed by atoms with Crippen molar-refractivity contribution in [2.45, 2.75) is 39.3 Å². The molecule has 0 aliphatic rings. The van der Waals surface area contributed by atoms with E-state index in [0.29, 0.717) is 18.5 Å². The molecule has 2 heteroatoms. The van der Waals surface area contributed by atoms with Crippen LogP contribution in [0.15, 0.2) is 30.3 Å². The standard InChI is InChI=1S/C14H23NO/c1-11(2)14(16)10-15-12(3)9-13-7-5-4-6-8-13/h4-8,11-12,14-16H,9-10H2,1-3H3. The van der Waals surface area contributed by atoms with Crippen molar-refractivity contribution in [2.75, 3.05) is 6.54 Å².